The Balaban J connectivity index is 1.59. The second-order valence-corrected chi connectivity index (χ2v) is 9.67. The van der Waals surface area contributed by atoms with Crippen LogP contribution in [0.1, 0.15) is 23.1 Å². The summed E-state index contributed by atoms with van der Waals surface area (Å²) in [5.74, 6) is -0.294. The quantitative estimate of drug-likeness (QED) is 0.467. The Morgan fingerprint density at radius 1 is 1.09 bits per heavy atom. The molecule has 2 heterocycles. The number of anilines is 1. The Kier molecular flexibility index (Phi) is 5.77. The lowest BCUT2D eigenvalue weighted by atomic mass is 10.1. The molecule has 33 heavy (non-hydrogen) atoms. The molecule has 0 aliphatic heterocycles. The van der Waals surface area contributed by atoms with Gasteiger partial charge >= 0.3 is 0 Å². The molecule has 0 radical (unpaired) electrons. The Hall–Kier alpha value is -3.92. The van der Waals surface area contributed by atoms with Crippen LogP contribution in [-0.2, 0) is 16.9 Å². The highest BCUT2D eigenvalue weighted by Crippen LogP contribution is 2.23. The summed E-state index contributed by atoms with van der Waals surface area (Å²) in [6.45, 7) is 3.31. The average Bonchev–Trinajstić information content (AvgIpc) is 3.40. The summed E-state index contributed by atoms with van der Waals surface area (Å²) in [5, 5.41) is 6.43. The lowest BCUT2D eigenvalue weighted by Gasteiger charge is -2.07. The Bertz CT molecular complexity index is 1480. The number of carbonyl (C=O) groups excluding carboxylic acids is 1. The number of hydrogen-bond donors (Lipinski definition) is 1. The molecule has 1 N–H and O–H groups in total. The van der Waals surface area contributed by atoms with Crippen LogP contribution >= 0.6 is 0 Å². The molecule has 0 aliphatic carbocycles. The van der Waals surface area contributed by atoms with Crippen molar-refractivity contribution in [1.29, 1.82) is 0 Å². The Morgan fingerprint density at radius 3 is 2.39 bits per heavy atom. The molecule has 0 atom stereocenters. The summed E-state index contributed by atoms with van der Waals surface area (Å²) in [6, 6.07) is 16.7. The maximum atomic E-state index is 13.0. The van der Waals surface area contributed by atoms with Crippen LogP contribution in [-0.4, -0.2) is 34.6 Å². The van der Waals surface area contributed by atoms with E-state index in [0.29, 0.717) is 22.7 Å². The molecule has 1 amide bonds. The molecule has 9 nitrogen and oxygen atoms in total. The Labute approximate surface area is 190 Å². The molecule has 0 aliphatic rings. The molecular formula is C23H22N4O5S. The first kappa shape index (κ1) is 22.3. The fourth-order valence-corrected chi connectivity index (χ4v) is 4.29. The predicted molar refractivity (Wildman–Crippen MR) is 123 cm³/mol. The van der Waals surface area contributed by atoms with Crippen LogP contribution in [0.25, 0.3) is 17.0 Å². The highest BCUT2D eigenvalue weighted by atomic mass is 32.2. The number of amides is 1. The van der Waals surface area contributed by atoms with Gasteiger partial charge in [-0.15, -0.1) is 0 Å². The monoisotopic (exact) mass is 466 g/mol. The minimum Gasteiger partial charge on any atom is -0.355 e. The summed E-state index contributed by atoms with van der Waals surface area (Å²) in [4.78, 5) is 26.0. The third-order valence-corrected chi connectivity index (χ3v) is 7.16. The van der Waals surface area contributed by atoms with Crippen molar-refractivity contribution in [2.45, 2.75) is 18.7 Å². The highest BCUT2D eigenvalue weighted by Gasteiger charge is 2.21. The zero-order chi connectivity index (χ0) is 23.8. The van der Waals surface area contributed by atoms with Gasteiger partial charge in [0.1, 0.15) is 5.69 Å². The molecule has 4 aromatic rings. The first-order valence-corrected chi connectivity index (χ1v) is 11.8. The van der Waals surface area contributed by atoms with Crippen molar-refractivity contribution in [2.24, 2.45) is 7.05 Å². The maximum absolute atomic E-state index is 13.0. The average molecular weight is 467 g/mol. The highest BCUT2D eigenvalue weighted by molar-refractivity contribution is 7.91. The summed E-state index contributed by atoms with van der Waals surface area (Å²) in [7, 11) is -1.58. The fraction of sp³-hybridized carbons (Fsp3) is 0.174. The minimum absolute atomic E-state index is 0.00382. The molecule has 170 valence electrons. The van der Waals surface area contributed by atoms with Crippen LogP contribution in [0.3, 0.4) is 0 Å². The first-order valence-electron chi connectivity index (χ1n) is 10.2. The lowest BCUT2D eigenvalue weighted by molar-refractivity contribution is 0.101. The molecule has 4 rings (SSSR count). The van der Waals surface area contributed by atoms with E-state index < -0.39 is 15.7 Å². The topological polar surface area (TPSA) is 116 Å². The Morgan fingerprint density at radius 2 is 1.76 bits per heavy atom. The van der Waals surface area contributed by atoms with Gasteiger partial charge < -0.3 is 9.84 Å². The number of sulfone groups is 1. The summed E-state index contributed by atoms with van der Waals surface area (Å²) >= 11 is 0. The third-order valence-electron chi connectivity index (χ3n) is 5.41. The van der Waals surface area contributed by atoms with Gasteiger partial charge in [0.15, 0.2) is 21.3 Å². The summed E-state index contributed by atoms with van der Waals surface area (Å²) < 4.78 is 32.3. The van der Waals surface area contributed by atoms with Gasteiger partial charge in [-0.2, -0.15) is 0 Å². The standard InChI is InChI=1S/C23H22N4O5S/c1-4-33(30,31)18-12-10-16(11-13-18)20-14-19(25-32-20)22(28)24-21-15(2)26(3)27(23(21)29)17-8-6-5-7-9-17/h5-14H,4H2,1-3H3,(H,24,28). The molecule has 10 heteroatoms. The molecule has 2 aromatic carbocycles. The van der Waals surface area contributed by atoms with Gasteiger partial charge in [-0.3, -0.25) is 14.3 Å². The second-order valence-electron chi connectivity index (χ2n) is 7.39. The minimum atomic E-state index is -3.31. The number of aromatic nitrogens is 3. The normalized spacial score (nSPS) is 11.5. The van der Waals surface area contributed by atoms with Crippen LogP contribution in [0.4, 0.5) is 5.69 Å². The van der Waals surface area contributed by atoms with Crippen LogP contribution in [0, 0.1) is 6.92 Å². The van der Waals surface area contributed by atoms with Crippen molar-refractivity contribution >= 4 is 21.4 Å². The lowest BCUT2D eigenvalue weighted by Crippen LogP contribution is -2.23. The van der Waals surface area contributed by atoms with Crippen molar-refractivity contribution in [2.75, 3.05) is 11.1 Å². The van der Waals surface area contributed by atoms with Crippen LogP contribution < -0.4 is 10.9 Å². The fourth-order valence-electron chi connectivity index (χ4n) is 3.40. The number of carbonyl (C=O) groups is 1. The van der Waals surface area contributed by atoms with E-state index in [0.717, 1.165) is 0 Å². The molecule has 0 spiro atoms. The van der Waals surface area contributed by atoms with E-state index in [1.807, 2.05) is 18.2 Å². The summed E-state index contributed by atoms with van der Waals surface area (Å²) in [6.07, 6.45) is 0. The van der Waals surface area contributed by atoms with Gasteiger partial charge in [0.25, 0.3) is 11.5 Å². The van der Waals surface area contributed by atoms with Gasteiger partial charge in [-0.05, 0) is 43.3 Å². The van der Waals surface area contributed by atoms with Crippen molar-refractivity contribution in [3.63, 3.8) is 0 Å². The molecular weight excluding hydrogens is 444 g/mol. The van der Waals surface area contributed by atoms with E-state index in [1.54, 1.807) is 49.8 Å². The van der Waals surface area contributed by atoms with Gasteiger partial charge in [-0.1, -0.05) is 30.3 Å². The number of nitrogens with zero attached hydrogens (tertiary/aromatic N) is 3. The van der Waals surface area contributed by atoms with Gasteiger partial charge in [0.2, 0.25) is 0 Å². The molecule has 0 saturated carbocycles. The van der Waals surface area contributed by atoms with Crippen molar-refractivity contribution in [3.05, 3.63) is 82.4 Å². The number of rotatable bonds is 6. The van der Waals surface area contributed by atoms with Crippen LogP contribution in [0.15, 0.2) is 74.9 Å². The zero-order valence-electron chi connectivity index (χ0n) is 18.3. The number of benzene rings is 2. The third kappa shape index (κ3) is 4.12. The van der Waals surface area contributed by atoms with Crippen molar-refractivity contribution in [1.82, 2.24) is 14.5 Å². The maximum Gasteiger partial charge on any atom is 0.295 e. The number of para-hydroxylation sites is 1. The van der Waals surface area contributed by atoms with E-state index >= 15 is 0 Å². The predicted octanol–water partition coefficient (Wildman–Crippen LogP) is 3.19. The van der Waals surface area contributed by atoms with E-state index in [4.69, 9.17) is 4.52 Å². The molecule has 2 aromatic heterocycles. The van der Waals surface area contributed by atoms with Crippen LogP contribution in [0.5, 0.6) is 0 Å². The van der Waals surface area contributed by atoms with Crippen molar-refractivity contribution < 1.29 is 17.7 Å². The molecule has 0 saturated heterocycles. The SMILES string of the molecule is CCS(=O)(=O)c1ccc(-c2cc(C(=O)Nc3c(C)n(C)n(-c4ccccc4)c3=O)no2)cc1. The van der Waals surface area contributed by atoms with Gasteiger partial charge in [-0.25, -0.2) is 13.1 Å². The molecule has 0 bridgehead atoms. The smallest absolute Gasteiger partial charge is 0.295 e. The van der Waals surface area contributed by atoms with Gasteiger partial charge in [0, 0.05) is 18.7 Å². The largest absolute Gasteiger partial charge is 0.355 e. The van der Waals surface area contributed by atoms with E-state index in [2.05, 4.69) is 10.5 Å². The van der Waals surface area contributed by atoms with E-state index in [9.17, 15) is 18.0 Å². The summed E-state index contributed by atoms with van der Waals surface area (Å²) in [5.41, 5.74) is 1.58. The first-order chi connectivity index (χ1) is 15.7. The molecule has 0 fully saturated rings. The molecule has 0 unspecified atom stereocenters. The van der Waals surface area contributed by atoms with Gasteiger partial charge in [0.05, 0.1) is 22.0 Å². The second kappa shape index (κ2) is 8.55. The van der Waals surface area contributed by atoms with E-state index in [-0.39, 0.29) is 27.6 Å². The van der Waals surface area contributed by atoms with Crippen LogP contribution in [0.2, 0.25) is 0 Å². The number of nitrogens with one attached hydrogen (secondary N) is 1. The van der Waals surface area contributed by atoms with Crippen molar-refractivity contribution in [3.8, 4) is 17.0 Å². The zero-order valence-corrected chi connectivity index (χ0v) is 19.1. The van der Waals surface area contributed by atoms with E-state index in [1.165, 1.54) is 22.9 Å². The number of hydrogen-bond acceptors (Lipinski definition) is 6.